The molecule has 30 heavy (non-hydrogen) atoms. The number of ether oxygens (including phenoxy) is 5. The molecule has 0 amide bonds. The molecule has 2 fully saturated rings. The molecular formula is C24H44O6. The van der Waals surface area contributed by atoms with Crippen LogP contribution in [0.2, 0.25) is 0 Å². The van der Waals surface area contributed by atoms with Crippen LogP contribution in [0, 0.1) is 11.3 Å². The first-order valence-corrected chi connectivity index (χ1v) is 11.9. The highest BCUT2D eigenvalue weighted by Gasteiger charge is 2.54. The molecule has 0 spiro atoms. The maximum absolute atomic E-state index is 13.1. The average molecular weight is 429 g/mol. The zero-order valence-corrected chi connectivity index (χ0v) is 19.9. The van der Waals surface area contributed by atoms with Gasteiger partial charge in [0.05, 0.1) is 17.6 Å². The van der Waals surface area contributed by atoms with E-state index in [9.17, 15) is 4.79 Å². The van der Waals surface area contributed by atoms with E-state index < -0.39 is 11.0 Å². The van der Waals surface area contributed by atoms with Gasteiger partial charge in [-0.25, -0.2) is 0 Å². The fraction of sp³-hybridized carbons (Fsp3) is 0.958. The van der Waals surface area contributed by atoms with E-state index >= 15 is 0 Å². The highest BCUT2D eigenvalue weighted by Crippen LogP contribution is 2.51. The lowest BCUT2D eigenvalue weighted by molar-refractivity contribution is -0.237. The molecule has 2 rings (SSSR count). The fourth-order valence-corrected chi connectivity index (χ4v) is 4.70. The Morgan fingerprint density at radius 2 is 1.70 bits per heavy atom. The van der Waals surface area contributed by atoms with Crippen molar-refractivity contribution in [2.45, 2.75) is 104 Å². The smallest absolute Gasteiger partial charge is 0.312 e. The molecule has 0 aromatic heterocycles. The van der Waals surface area contributed by atoms with E-state index in [-0.39, 0.29) is 18.4 Å². The third-order valence-electron chi connectivity index (χ3n) is 6.63. The van der Waals surface area contributed by atoms with E-state index in [4.69, 9.17) is 23.7 Å². The van der Waals surface area contributed by atoms with Gasteiger partial charge in [0.1, 0.15) is 19.2 Å². The minimum atomic E-state index is -0.673. The third-order valence-corrected chi connectivity index (χ3v) is 6.63. The van der Waals surface area contributed by atoms with E-state index in [1.165, 1.54) is 0 Å². The van der Waals surface area contributed by atoms with Crippen LogP contribution in [0.3, 0.4) is 0 Å². The number of rotatable bonds is 14. The molecule has 0 radical (unpaired) electrons. The van der Waals surface area contributed by atoms with Crippen molar-refractivity contribution >= 4 is 5.97 Å². The topological polar surface area (TPSA) is 63.2 Å². The zero-order valence-electron chi connectivity index (χ0n) is 19.9. The Labute approximate surface area is 183 Å². The summed E-state index contributed by atoms with van der Waals surface area (Å²) in [6.07, 6.45) is 8.40. The first kappa shape index (κ1) is 25.6. The Kier molecular flexibility index (Phi) is 10.1. The molecule has 0 aliphatic heterocycles. The summed E-state index contributed by atoms with van der Waals surface area (Å²) in [5, 5.41) is 0. The summed E-state index contributed by atoms with van der Waals surface area (Å²) in [5.41, 5.74) is -1.50. The molecule has 0 aromatic carbocycles. The van der Waals surface area contributed by atoms with Crippen LogP contribution in [0.1, 0.15) is 92.4 Å². The largest absolute Gasteiger partial charge is 0.456 e. The van der Waals surface area contributed by atoms with Crippen LogP contribution in [0.25, 0.3) is 0 Å². The van der Waals surface area contributed by atoms with Gasteiger partial charge in [0, 0.05) is 19.6 Å². The first-order chi connectivity index (χ1) is 14.3. The van der Waals surface area contributed by atoms with Gasteiger partial charge in [0.15, 0.2) is 0 Å². The Morgan fingerprint density at radius 1 is 1.00 bits per heavy atom. The third kappa shape index (κ3) is 7.18. The molecule has 0 aromatic rings. The molecule has 176 valence electrons. The standard InChI is InChI=1S/C24H44O6/c1-6-12-26-18-28-17-24(30-21(25)22(4,5)8-3)15-20-10-9-11-23(14-20,16-24)29-19-27-13-7-2/h20H,6-19H2,1-5H3. The summed E-state index contributed by atoms with van der Waals surface area (Å²) in [6.45, 7) is 12.3. The highest BCUT2D eigenvalue weighted by molar-refractivity contribution is 5.76. The number of hydrogen-bond acceptors (Lipinski definition) is 6. The molecule has 3 atom stereocenters. The van der Waals surface area contributed by atoms with Crippen molar-refractivity contribution in [3.05, 3.63) is 0 Å². The molecule has 0 N–H and O–H groups in total. The van der Waals surface area contributed by atoms with E-state index in [1.54, 1.807) is 0 Å². The van der Waals surface area contributed by atoms with E-state index in [0.717, 1.165) is 51.4 Å². The van der Waals surface area contributed by atoms with Crippen molar-refractivity contribution in [3.8, 4) is 0 Å². The minimum absolute atomic E-state index is 0.152. The second-order valence-electron chi connectivity index (χ2n) is 9.88. The van der Waals surface area contributed by atoms with Gasteiger partial charge < -0.3 is 23.7 Å². The fourth-order valence-electron chi connectivity index (χ4n) is 4.70. The number of carbonyl (C=O) groups is 1. The van der Waals surface area contributed by atoms with E-state index in [0.29, 0.717) is 39.0 Å². The molecular weight excluding hydrogens is 384 g/mol. The van der Waals surface area contributed by atoms with Crippen LogP contribution in [-0.4, -0.2) is 50.6 Å². The zero-order chi connectivity index (χ0) is 22.1. The van der Waals surface area contributed by atoms with Crippen LogP contribution >= 0.6 is 0 Å². The highest BCUT2D eigenvalue weighted by atomic mass is 16.7. The van der Waals surface area contributed by atoms with Gasteiger partial charge in [-0.2, -0.15) is 0 Å². The Hall–Kier alpha value is -0.690. The normalized spacial score (nSPS) is 29.0. The van der Waals surface area contributed by atoms with Crippen molar-refractivity contribution in [2.24, 2.45) is 11.3 Å². The van der Waals surface area contributed by atoms with Crippen molar-refractivity contribution in [1.82, 2.24) is 0 Å². The van der Waals surface area contributed by atoms with Crippen molar-refractivity contribution < 1.29 is 28.5 Å². The minimum Gasteiger partial charge on any atom is -0.456 e. The maximum Gasteiger partial charge on any atom is 0.312 e. The first-order valence-electron chi connectivity index (χ1n) is 11.9. The number of hydrogen-bond donors (Lipinski definition) is 0. The van der Waals surface area contributed by atoms with Gasteiger partial charge in [-0.1, -0.05) is 33.6 Å². The predicted molar refractivity (Wildman–Crippen MR) is 116 cm³/mol. The predicted octanol–water partition coefficient (Wildman–Crippen LogP) is 5.23. The van der Waals surface area contributed by atoms with Gasteiger partial charge >= 0.3 is 5.97 Å². The van der Waals surface area contributed by atoms with Crippen molar-refractivity contribution in [1.29, 1.82) is 0 Å². The van der Waals surface area contributed by atoms with Gasteiger partial charge in [-0.15, -0.1) is 0 Å². The molecule has 6 nitrogen and oxygen atoms in total. The molecule has 0 heterocycles. The van der Waals surface area contributed by atoms with Crippen LogP contribution in [0.4, 0.5) is 0 Å². The lowest BCUT2D eigenvalue weighted by atomic mass is 9.63. The van der Waals surface area contributed by atoms with Crippen LogP contribution in [-0.2, 0) is 28.5 Å². The molecule has 2 aliphatic carbocycles. The van der Waals surface area contributed by atoms with Gasteiger partial charge in [-0.05, 0) is 58.3 Å². The van der Waals surface area contributed by atoms with E-state index in [2.05, 4.69) is 13.8 Å². The molecule has 6 heteroatoms. The second-order valence-corrected chi connectivity index (χ2v) is 9.88. The SMILES string of the molecule is CCCOCOCC1(OC(=O)C(C)(C)CC)CC2CCCC(OCOCCC)(C2)C1. The monoisotopic (exact) mass is 428 g/mol. The maximum atomic E-state index is 13.1. The Bertz CT molecular complexity index is 522. The quantitative estimate of drug-likeness (QED) is 0.214. The summed E-state index contributed by atoms with van der Waals surface area (Å²) in [5.74, 6) is 0.316. The van der Waals surface area contributed by atoms with Gasteiger partial charge in [0.2, 0.25) is 0 Å². The molecule has 0 saturated heterocycles. The molecule has 2 saturated carbocycles. The lowest BCUT2D eigenvalue weighted by Crippen LogP contribution is -2.57. The van der Waals surface area contributed by atoms with E-state index in [1.807, 2.05) is 20.8 Å². The number of esters is 1. The van der Waals surface area contributed by atoms with Gasteiger partial charge in [0.25, 0.3) is 0 Å². The number of carbonyl (C=O) groups excluding carboxylic acids is 1. The average Bonchev–Trinajstić information content (AvgIpc) is 2.71. The Morgan fingerprint density at radius 3 is 2.37 bits per heavy atom. The summed E-state index contributed by atoms with van der Waals surface area (Å²) >= 11 is 0. The second kappa shape index (κ2) is 11.8. The Balaban J connectivity index is 2.15. The molecule has 2 aliphatic rings. The van der Waals surface area contributed by atoms with Gasteiger partial charge in [-0.3, -0.25) is 4.79 Å². The lowest BCUT2D eigenvalue weighted by Gasteiger charge is -2.53. The summed E-state index contributed by atoms with van der Waals surface area (Å²) in [6, 6.07) is 0. The van der Waals surface area contributed by atoms with Crippen molar-refractivity contribution in [3.63, 3.8) is 0 Å². The molecule has 2 bridgehead atoms. The summed E-state index contributed by atoms with van der Waals surface area (Å²) < 4.78 is 29.7. The van der Waals surface area contributed by atoms with Crippen LogP contribution < -0.4 is 0 Å². The van der Waals surface area contributed by atoms with Crippen LogP contribution in [0.15, 0.2) is 0 Å². The summed E-state index contributed by atoms with van der Waals surface area (Å²) in [7, 11) is 0. The van der Waals surface area contributed by atoms with Crippen molar-refractivity contribution in [2.75, 3.05) is 33.4 Å². The number of fused-ring (bicyclic) bond motifs is 2. The summed E-state index contributed by atoms with van der Waals surface area (Å²) in [4.78, 5) is 13.1. The molecule has 3 unspecified atom stereocenters. The van der Waals surface area contributed by atoms with Crippen LogP contribution in [0.5, 0.6) is 0 Å².